The van der Waals surface area contributed by atoms with E-state index in [2.05, 4.69) is 5.32 Å². The molecule has 0 radical (unpaired) electrons. The van der Waals surface area contributed by atoms with Gasteiger partial charge in [0, 0.05) is 19.5 Å². The van der Waals surface area contributed by atoms with E-state index in [1.165, 1.54) is 10.6 Å². The first-order chi connectivity index (χ1) is 13.8. The molecular formula is C21H26N2O5S. The van der Waals surface area contributed by atoms with E-state index < -0.39 is 10.0 Å². The summed E-state index contributed by atoms with van der Waals surface area (Å²) in [7, 11) is -3.44. The molecule has 7 nitrogen and oxygen atoms in total. The number of carbonyl (C=O) groups is 1. The monoisotopic (exact) mass is 418 g/mol. The number of nitrogens with one attached hydrogen (secondary N) is 1. The summed E-state index contributed by atoms with van der Waals surface area (Å²) in [6, 6.07) is 11.1. The van der Waals surface area contributed by atoms with Crippen molar-refractivity contribution in [1.29, 1.82) is 0 Å². The van der Waals surface area contributed by atoms with Crippen LogP contribution in [0.1, 0.15) is 29.5 Å². The van der Waals surface area contributed by atoms with Crippen molar-refractivity contribution in [3.05, 3.63) is 53.1 Å². The van der Waals surface area contributed by atoms with Crippen molar-refractivity contribution in [2.24, 2.45) is 0 Å². The summed E-state index contributed by atoms with van der Waals surface area (Å²) >= 11 is 0. The lowest BCUT2D eigenvalue weighted by atomic mass is 10.1. The minimum absolute atomic E-state index is 0.128. The Kier molecular flexibility index (Phi) is 6.32. The van der Waals surface area contributed by atoms with Crippen molar-refractivity contribution in [1.82, 2.24) is 5.32 Å². The predicted molar refractivity (Wildman–Crippen MR) is 112 cm³/mol. The van der Waals surface area contributed by atoms with Gasteiger partial charge in [0.1, 0.15) is 0 Å². The van der Waals surface area contributed by atoms with E-state index in [0.29, 0.717) is 30.2 Å². The number of anilines is 1. The van der Waals surface area contributed by atoms with Crippen LogP contribution in [0.4, 0.5) is 5.69 Å². The number of ether oxygens (including phenoxy) is 2. The third-order valence-electron chi connectivity index (χ3n) is 4.94. The lowest BCUT2D eigenvalue weighted by Gasteiger charge is -2.24. The lowest BCUT2D eigenvalue weighted by molar-refractivity contribution is -0.121. The smallest absolute Gasteiger partial charge is 0.232 e. The average molecular weight is 419 g/mol. The van der Waals surface area contributed by atoms with Crippen LogP contribution in [0.5, 0.6) is 11.5 Å². The minimum atomic E-state index is -3.44. The van der Waals surface area contributed by atoms with Gasteiger partial charge in [-0.25, -0.2) is 8.42 Å². The first-order valence-corrected chi connectivity index (χ1v) is 11.3. The van der Waals surface area contributed by atoms with Crippen LogP contribution < -0.4 is 19.1 Å². The number of nitrogens with zero attached hydrogens (tertiary/aromatic N) is 1. The highest BCUT2D eigenvalue weighted by molar-refractivity contribution is 7.92. The van der Waals surface area contributed by atoms with Crippen molar-refractivity contribution in [3.8, 4) is 11.5 Å². The number of hydrogen-bond acceptors (Lipinski definition) is 5. The van der Waals surface area contributed by atoms with Crippen molar-refractivity contribution < 1.29 is 22.7 Å². The Morgan fingerprint density at radius 2 is 1.90 bits per heavy atom. The van der Waals surface area contributed by atoms with Crippen LogP contribution in [-0.4, -0.2) is 33.9 Å². The van der Waals surface area contributed by atoms with E-state index in [0.717, 1.165) is 16.7 Å². The van der Waals surface area contributed by atoms with Gasteiger partial charge in [-0.15, -0.1) is 0 Å². The fourth-order valence-electron chi connectivity index (χ4n) is 3.19. The number of amides is 1. The summed E-state index contributed by atoms with van der Waals surface area (Å²) in [5.74, 6) is 1.25. The minimum Gasteiger partial charge on any atom is -0.454 e. The van der Waals surface area contributed by atoms with Gasteiger partial charge in [0.15, 0.2) is 11.5 Å². The van der Waals surface area contributed by atoms with Crippen LogP contribution >= 0.6 is 0 Å². The van der Waals surface area contributed by atoms with Crippen LogP contribution in [0.15, 0.2) is 36.4 Å². The average Bonchev–Trinajstić information content (AvgIpc) is 3.13. The molecule has 8 heteroatoms. The van der Waals surface area contributed by atoms with E-state index in [9.17, 15) is 13.2 Å². The number of rotatable bonds is 8. The molecule has 1 amide bonds. The van der Waals surface area contributed by atoms with Gasteiger partial charge >= 0.3 is 0 Å². The molecule has 156 valence electrons. The van der Waals surface area contributed by atoms with Crippen LogP contribution in [0, 0.1) is 13.8 Å². The van der Waals surface area contributed by atoms with Gasteiger partial charge in [-0.3, -0.25) is 9.10 Å². The van der Waals surface area contributed by atoms with Crippen molar-refractivity contribution in [3.63, 3.8) is 0 Å². The summed E-state index contributed by atoms with van der Waals surface area (Å²) in [6.45, 7) is 4.69. The molecule has 1 aliphatic rings. The van der Waals surface area contributed by atoms with Crippen LogP contribution in [-0.2, 0) is 21.4 Å². The van der Waals surface area contributed by atoms with Crippen molar-refractivity contribution in [2.75, 3.05) is 23.9 Å². The zero-order chi connectivity index (χ0) is 21.0. The van der Waals surface area contributed by atoms with Gasteiger partial charge in [-0.2, -0.15) is 0 Å². The van der Waals surface area contributed by atoms with E-state index in [1.54, 1.807) is 6.07 Å². The normalized spacial score (nSPS) is 12.7. The molecule has 1 heterocycles. The van der Waals surface area contributed by atoms with Gasteiger partial charge in [0.05, 0.1) is 11.9 Å². The molecular weight excluding hydrogens is 392 g/mol. The quantitative estimate of drug-likeness (QED) is 0.713. The molecule has 0 unspecified atom stereocenters. The van der Waals surface area contributed by atoms with Crippen molar-refractivity contribution >= 4 is 21.6 Å². The van der Waals surface area contributed by atoms with E-state index in [-0.39, 0.29) is 25.7 Å². The highest BCUT2D eigenvalue weighted by Crippen LogP contribution is 2.32. The first kappa shape index (κ1) is 21.0. The Morgan fingerprint density at radius 3 is 2.66 bits per heavy atom. The maximum atomic E-state index is 12.3. The third-order valence-corrected chi connectivity index (χ3v) is 6.12. The van der Waals surface area contributed by atoms with Crippen molar-refractivity contribution in [2.45, 2.75) is 33.2 Å². The van der Waals surface area contributed by atoms with Crippen LogP contribution in [0.25, 0.3) is 0 Å². The Balaban J connectivity index is 1.54. The lowest BCUT2D eigenvalue weighted by Crippen LogP contribution is -2.32. The molecule has 0 bridgehead atoms. The van der Waals surface area contributed by atoms with E-state index in [1.807, 2.05) is 44.2 Å². The molecule has 3 rings (SSSR count). The number of hydrogen-bond donors (Lipinski definition) is 1. The van der Waals surface area contributed by atoms with Crippen LogP contribution in [0.2, 0.25) is 0 Å². The number of aryl methyl sites for hydroxylation is 1. The second-order valence-corrected chi connectivity index (χ2v) is 9.03. The first-order valence-electron chi connectivity index (χ1n) is 9.45. The molecule has 0 saturated carbocycles. The maximum Gasteiger partial charge on any atom is 0.232 e. The van der Waals surface area contributed by atoms with E-state index >= 15 is 0 Å². The molecule has 1 N–H and O–H groups in total. The summed E-state index contributed by atoms with van der Waals surface area (Å²) < 4.78 is 36.5. The highest BCUT2D eigenvalue weighted by atomic mass is 32.2. The van der Waals surface area contributed by atoms with Crippen LogP contribution in [0.3, 0.4) is 0 Å². The van der Waals surface area contributed by atoms with Gasteiger partial charge in [0.2, 0.25) is 22.7 Å². The Labute approximate surface area is 171 Å². The number of fused-ring (bicyclic) bond motifs is 1. The molecule has 29 heavy (non-hydrogen) atoms. The fraction of sp³-hybridized carbons (Fsp3) is 0.381. The number of sulfonamides is 1. The Hall–Kier alpha value is -2.74. The molecule has 0 fully saturated rings. The molecule has 0 atom stereocenters. The maximum absolute atomic E-state index is 12.3. The zero-order valence-corrected chi connectivity index (χ0v) is 17.7. The summed E-state index contributed by atoms with van der Waals surface area (Å²) in [6.07, 6.45) is 1.85. The highest BCUT2D eigenvalue weighted by Gasteiger charge is 2.20. The summed E-state index contributed by atoms with van der Waals surface area (Å²) in [4.78, 5) is 12.2. The topological polar surface area (TPSA) is 84.9 Å². The molecule has 2 aromatic rings. The number of benzene rings is 2. The van der Waals surface area contributed by atoms with Gasteiger partial charge in [0.25, 0.3) is 0 Å². The molecule has 0 saturated heterocycles. The molecule has 2 aromatic carbocycles. The van der Waals surface area contributed by atoms with Gasteiger partial charge < -0.3 is 14.8 Å². The second-order valence-electron chi connectivity index (χ2n) is 7.12. The molecule has 0 aliphatic carbocycles. The molecule has 1 aliphatic heterocycles. The standard InChI is InChI=1S/C21H26N2O5S/c1-15-6-4-7-18(16(15)2)23(29(3,25)26)11-5-8-21(24)22-13-17-9-10-19-20(12-17)28-14-27-19/h4,6-7,9-10,12H,5,8,11,13-14H2,1-3H3,(H,22,24). The third kappa shape index (κ3) is 5.20. The van der Waals surface area contributed by atoms with Gasteiger partial charge in [-0.05, 0) is 55.2 Å². The molecule has 0 aromatic heterocycles. The van der Waals surface area contributed by atoms with Gasteiger partial charge in [-0.1, -0.05) is 18.2 Å². The summed E-state index contributed by atoms with van der Waals surface area (Å²) in [5, 5.41) is 2.86. The summed E-state index contributed by atoms with van der Waals surface area (Å²) in [5.41, 5.74) is 3.52. The zero-order valence-electron chi connectivity index (χ0n) is 16.9. The Morgan fingerprint density at radius 1 is 1.14 bits per heavy atom. The van der Waals surface area contributed by atoms with E-state index in [4.69, 9.17) is 9.47 Å². The fourth-order valence-corrected chi connectivity index (χ4v) is 4.21. The number of carbonyl (C=O) groups excluding carboxylic acids is 1. The largest absolute Gasteiger partial charge is 0.454 e. The SMILES string of the molecule is Cc1cccc(N(CCCC(=O)NCc2ccc3c(c2)OCO3)S(C)(=O)=O)c1C. The second kappa shape index (κ2) is 8.73. The Bertz CT molecular complexity index is 1000. The predicted octanol–water partition coefficient (Wildman–Crippen LogP) is 2.89. The molecule has 0 spiro atoms.